The largest absolute Gasteiger partial charge is 0.496 e. The number of alkyl halides is 1. The number of carboxylic acid groups (broad SMARTS) is 1. The molecule has 1 saturated heterocycles. The number of carboxylic acids is 1. The third kappa shape index (κ3) is 5.74. The third-order valence-corrected chi connectivity index (χ3v) is 8.44. The molecule has 37 heavy (non-hydrogen) atoms. The van der Waals surface area contributed by atoms with E-state index >= 15 is 4.39 Å². The van der Waals surface area contributed by atoms with Gasteiger partial charge >= 0.3 is 5.97 Å². The number of halogens is 1. The van der Waals surface area contributed by atoms with Gasteiger partial charge in [-0.2, -0.15) is 0 Å². The van der Waals surface area contributed by atoms with Crippen molar-refractivity contribution in [2.45, 2.75) is 82.3 Å². The number of aryl methyl sites for hydroxylation is 1. The second kappa shape index (κ2) is 11.8. The van der Waals surface area contributed by atoms with Gasteiger partial charge in [-0.1, -0.05) is 18.9 Å². The number of aromatic nitrogens is 2. The van der Waals surface area contributed by atoms with Gasteiger partial charge < -0.3 is 15.2 Å². The highest BCUT2D eigenvalue weighted by atomic mass is 19.1. The van der Waals surface area contributed by atoms with Crippen LogP contribution in [-0.4, -0.2) is 58.9 Å². The SMILES string of the molecule is COc1cc(CCCC[C@H](F)[C@@H]2CCN([C@@H](C(=O)O)c3cccnc3C3CCC3)C2)nc2c1CCCN2. The summed E-state index contributed by atoms with van der Waals surface area (Å²) >= 11 is 0. The van der Waals surface area contributed by atoms with Crippen LogP contribution in [-0.2, 0) is 17.6 Å². The molecule has 3 aliphatic rings. The van der Waals surface area contributed by atoms with Gasteiger partial charge in [0, 0.05) is 59.7 Å². The maximum Gasteiger partial charge on any atom is 0.325 e. The molecule has 5 rings (SSSR count). The Kier molecular flexibility index (Phi) is 8.23. The molecule has 1 aliphatic carbocycles. The molecule has 2 aromatic rings. The summed E-state index contributed by atoms with van der Waals surface area (Å²) in [6, 6.07) is 5.00. The van der Waals surface area contributed by atoms with Crippen molar-refractivity contribution in [1.82, 2.24) is 14.9 Å². The molecule has 0 radical (unpaired) electrons. The molecule has 7 nitrogen and oxygen atoms in total. The normalized spacial score (nSPS) is 21.5. The molecule has 0 spiro atoms. The molecule has 8 heteroatoms. The molecule has 4 heterocycles. The number of nitrogens with zero attached hydrogens (tertiary/aromatic N) is 3. The van der Waals surface area contributed by atoms with Gasteiger partial charge in [-0.3, -0.25) is 14.7 Å². The van der Waals surface area contributed by atoms with Crippen molar-refractivity contribution in [2.75, 3.05) is 32.1 Å². The Morgan fingerprint density at radius 2 is 2.16 bits per heavy atom. The second-order valence-electron chi connectivity index (χ2n) is 10.8. The number of nitrogens with one attached hydrogen (secondary N) is 1. The molecule has 0 aromatic carbocycles. The van der Waals surface area contributed by atoms with E-state index < -0.39 is 18.2 Å². The summed E-state index contributed by atoms with van der Waals surface area (Å²) in [6.45, 7) is 2.01. The quantitative estimate of drug-likeness (QED) is 0.396. The zero-order valence-electron chi connectivity index (χ0n) is 21.8. The van der Waals surface area contributed by atoms with Crippen molar-refractivity contribution in [2.24, 2.45) is 5.92 Å². The predicted molar refractivity (Wildman–Crippen MR) is 141 cm³/mol. The number of hydrogen-bond donors (Lipinski definition) is 2. The van der Waals surface area contributed by atoms with Crippen molar-refractivity contribution in [3.63, 3.8) is 0 Å². The van der Waals surface area contributed by atoms with E-state index in [1.807, 2.05) is 23.1 Å². The second-order valence-corrected chi connectivity index (χ2v) is 10.8. The number of fused-ring (bicyclic) bond motifs is 1. The number of likely N-dealkylation sites (tertiary alicyclic amines) is 1. The molecule has 3 atom stereocenters. The molecule has 200 valence electrons. The molecular weight excluding hydrogens is 471 g/mol. The van der Waals surface area contributed by atoms with Crippen LogP contribution in [0.25, 0.3) is 0 Å². The number of aliphatic carboxylic acids is 1. The zero-order valence-corrected chi connectivity index (χ0v) is 21.8. The lowest BCUT2D eigenvalue weighted by molar-refractivity contribution is -0.143. The summed E-state index contributed by atoms with van der Waals surface area (Å²) in [5, 5.41) is 13.5. The summed E-state index contributed by atoms with van der Waals surface area (Å²) < 4.78 is 20.8. The number of carbonyl (C=O) groups is 1. The van der Waals surface area contributed by atoms with Gasteiger partial charge in [0.1, 0.15) is 23.8 Å². The lowest BCUT2D eigenvalue weighted by Crippen LogP contribution is -2.34. The first-order valence-corrected chi connectivity index (χ1v) is 13.9. The van der Waals surface area contributed by atoms with Crippen LogP contribution < -0.4 is 10.1 Å². The Bertz CT molecular complexity index is 1080. The maximum absolute atomic E-state index is 15.3. The molecule has 0 unspecified atom stereocenters. The first-order valence-electron chi connectivity index (χ1n) is 13.9. The Hall–Kier alpha value is -2.74. The first-order chi connectivity index (χ1) is 18.0. The highest BCUT2D eigenvalue weighted by Crippen LogP contribution is 2.41. The van der Waals surface area contributed by atoms with E-state index in [0.29, 0.717) is 31.8 Å². The van der Waals surface area contributed by atoms with Crippen molar-refractivity contribution in [3.8, 4) is 5.75 Å². The average Bonchev–Trinajstić information content (AvgIpc) is 3.35. The fourth-order valence-electron chi connectivity index (χ4n) is 6.16. The van der Waals surface area contributed by atoms with Gasteiger partial charge in [-0.05, 0) is 64.0 Å². The minimum absolute atomic E-state index is 0.128. The summed E-state index contributed by atoms with van der Waals surface area (Å²) in [5.74, 6) is 1.18. The van der Waals surface area contributed by atoms with Gasteiger partial charge in [0.15, 0.2) is 0 Å². The van der Waals surface area contributed by atoms with Crippen LogP contribution in [0.4, 0.5) is 10.2 Å². The number of rotatable bonds is 11. The zero-order chi connectivity index (χ0) is 25.8. The van der Waals surface area contributed by atoms with Crippen LogP contribution in [0.2, 0.25) is 0 Å². The third-order valence-electron chi connectivity index (χ3n) is 8.44. The molecule has 2 N–H and O–H groups in total. The molecular formula is C29H39FN4O3. The van der Waals surface area contributed by atoms with E-state index in [9.17, 15) is 9.90 Å². The lowest BCUT2D eigenvalue weighted by atomic mass is 9.80. The van der Waals surface area contributed by atoms with Crippen LogP contribution in [0.3, 0.4) is 0 Å². The number of methoxy groups -OCH3 is 1. The van der Waals surface area contributed by atoms with E-state index in [-0.39, 0.29) is 5.92 Å². The van der Waals surface area contributed by atoms with Gasteiger partial charge in [0.05, 0.1) is 7.11 Å². The monoisotopic (exact) mass is 510 g/mol. The van der Waals surface area contributed by atoms with Crippen LogP contribution >= 0.6 is 0 Å². The Labute approximate surface area is 218 Å². The summed E-state index contributed by atoms with van der Waals surface area (Å²) in [6.07, 6.45) is 9.82. The van der Waals surface area contributed by atoms with Crippen LogP contribution in [0.5, 0.6) is 5.75 Å². The average molecular weight is 511 g/mol. The molecule has 0 bridgehead atoms. The molecule has 1 saturated carbocycles. The number of ether oxygens (including phenoxy) is 1. The minimum atomic E-state index is -0.924. The van der Waals surface area contributed by atoms with Crippen molar-refractivity contribution in [3.05, 3.63) is 46.9 Å². The van der Waals surface area contributed by atoms with E-state index in [1.54, 1.807) is 13.3 Å². The van der Waals surface area contributed by atoms with E-state index in [2.05, 4.69) is 10.3 Å². The fraction of sp³-hybridized carbons (Fsp3) is 0.621. The van der Waals surface area contributed by atoms with Crippen LogP contribution in [0, 0.1) is 5.92 Å². The van der Waals surface area contributed by atoms with Gasteiger partial charge in [-0.25, -0.2) is 9.37 Å². The summed E-state index contributed by atoms with van der Waals surface area (Å²) in [4.78, 5) is 23.6. The number of hydrogen-bond acceptors (Lipinski definition) is 6. The van der Waals surface area contributed by atoms with E-state index in [1.165, 1.54) is 6.42 Å². The minimum Gasteiger partial charge on any atom is -0.496 e. The highest BCUT2D eigenvalue weighted by molar-refractivity contribution is 5.76. The predicted octanol–water partition coefficient (Wildman–Crippen LogP) is 5.31. The first kappa shape index (κ1) is 25.9. The Balaban J connectivity index is 1.14. The van der Waals surface area contributed by atoms with Gasteiger partial charge in [0.25, 0.3) is 0 Å². The molecule has 0 amide bonds. The van der Waals surface area contributed by atoms with Gasteiger partial charge in [-0.15, -0.1) is 0 Å². The standard InChI is InChI=1S/C29H39FN4O3/c1-37-25-17-21(33-28-22(25)10-5-15-32-28)9-2-3-12-24(30)20-13-16-34(18-20)27(29(35)36)23-11-6-14-31-26(23)19-7-4-8-19/h6,11,14,17,19-20,24,27H,2-5,7-10,12-13,15-16,18H2,1H3,(H,32,33)(H,35,36)/t20-,24+,27-/m1/s1. The van der Waals surface area contributed by atoms with E-state index in [0.717, 1.165) is 85.6 Å². The van der Waals surface area contributed by atoms with Crippen LogP contribution in [0.15, 0.2) is 24.4 Å². The molecule has 2 aromatic heterocycles. The number of unbranched alkanes of at least 4 members (excludes halogenated alkanes) is 1. The number of pyridine rings is 2. The smallest absolute Gasteiger partial charge is 0.325 e. The maximum atomic E-state index is 15.3. The topological polar surface area (TPSA) is 87.6 Å². The molecule has 2 fully saturated rings. The fourth-order valence-corrected chi connectivity index (χ4v) is 6.16. The van der Waals surface area contributed by atoms with Crippen molar-refractivity contribution >= 4 is 11.8 Å². The van der Waals surface area contributed by atoms with Gasteiger partial charge in [0.2, 0.25) is 0 Å². The van der Waals surface area contributed by atoms with E-state index in [4.69, 9.17) is 9.72 Å². The van der Waals surface area contributed by atoms with Crippen molar-refractivity contribution in [1.29, 1.82) is 0 Å². The summed E-state index contributed by atoms with van der Waals surface area (Å²) in [7, 11) is 1.70. The number of anilines is 1. The highest BCUT2D eigenvalue weighted by Gasteiger charge is 2.39. The Morgan fingerprint density at radius 3 is 2.92 bits per heavy atom. The van der Waals surface area contributed by atoms with Crippen molar-refractivity contribution < 1.29 is 19.0 Å². The Morgan fingerprint density at radius 1 is 1.30 bits per heavy atom. The summed E-state index contributed by atoms with van der Waals surface area (Å²) in [5.41, 5.74) is 3.84. The molecule has 2 aliphatic heterocycles. The van der Waals surface area contributed by atoms with Crippen LogP contribution in [0.1, 0.15) is 85.8 Å². The lowest BCUT2D eigenvalue weighted by Gasteiger charge is -2.31.